The van der Waals surface area contributed by atoms with Crippen LogP contribution in [0, 0.1) is 0 Å². The number of aromatic nitrogens is 1. The summed E-state index contributed by atoms with van der Waals surface area (Å²) >= 11 is 0. The second kappa shape index (κ2) is 14.8. The monoisotopic (exact) mass is 744 g/mol. The van der Waals surface area contributed by atoms with Crippen LogP contribution in [0.4, 0.5) is 17.1 Å². The summed E-state index contributed by atoms with van der Waals surface area (Å²) in [6.07, 6.45) is 0. The predicted molar refractivity (Wildman–Crippen MR) is 245 cm³/mol. The number of rotatable bonds is 9. The van der Waals surface area contributed by atoms with E-state index in [2.05, 4.69) is 252 Å². The summed E-state index contributed by atoms with van der Waals surface area (Å²) in [6, 6.07) is 88.8. The van der Waals surface area contributed by atoms with Gasteiger partial charge in [0, 0.05) is 33.4 Å². The first-order chi connectivity index (χ1) is 28.3. The molecule has 10 rings (SSSR count). The first-order valence-corrected chi connectivity index (χ1v) is 21.6. The average molecular weight is 745 g/mol. The Bertz CT molecular complexity index is 2830. The summed E-state index contributed by atoms with van der Waals surface area (Å²) in [4.78, 5) is 2.44. The van der Waals surface area contributed by atoms with Crippen LogP contribution in [-0.4, -0.2) is 12.6 Å². The Kier molecular flexibility index (Phi) is 8.90. The largest absolute Gasteiger partial charge is 0.310 e. The number of fused-ring (bicyclic) bond motifs is 3. The number of nitrogens with zero attached hydrogens (tertiary/aromatic N) is 2. The molecule has 2 nitrogen and oxygen atoms in total. The quantitative estimate of drug-likeness (QED) is 0.106. The van der Waals surface area contributed by atoms with Crippen molar-refractivity contribution in [3.63, 3.8) is 0 Å². The Morgan fingerprint density at radius 2 is 0.789 bits per heavy atom. The Balaban J connectivity index is 1.22. The molecular formula is C54H40N2Si. The molecule has 0 aliphatic rings. The lowest BCUT2D eigenvalue weighted by atomic mass is 10.0. The van der Waals surface area contributed by atoms with Gasteiger partial charge in [0.15, 0.2) is 8.07 Å². The van der Waals surface area contributed by atoms with E-state index in [1.807, 2.05) is 0 Å². The van der Waals surface area contributed by atoms with E-state index in [0.717, 1.165) is 22.7 Å². The van der Waals surface area contributed by atoms with Crippen LogP contribution in [0.5, 0.6) is 0 Å². The molecule has 1 heterocycles. The first kappa shape index (κ1) is 34.3. The van der Waals surface area contributed by atoms with Crippen LogP contribution >= 0.6 is 0 Å². The molecule has 9 aromatic carbocycles. The van der Waals surface area contributed by atoms with Crippen molar-refractivity contribution in [2.75, 3.05) is 4.90 Å². The lowest BCUT2D eigenvalue weighted by molar-refractivity contribution is 1.18. The highest BCUT2D eigenvalue weighted by Crippen LogP contribution is 2.43. The minimum absolute atomic E-state index is 1.09. The molecule has 57 heavy (non-hydrogen) atoms. The third-order valence-electron chi connectivity index (χ3n) is 11.3. The summed E-state index contributed by atoms with van der Waals surface area (Å²) in [5, 5.41) is 7.90. The molecule has 10 aromatic rings. The molecule has 0 unspecified atom stereocenters. The zero-order valence-electron chi connectivity index (χ0n) is 31.5. The highest BCUT2D eigenvalue weighted by Gasteiger charge is 2.41. The summed E-state index contributed by atoms with van der Waals surface area (Å²) in [5.74, 6) is 0. The molecule has 0 saturated carbocycles. The van der Waals surface area contributed by atoms with Gasteiger partial charge in [-0.3, -0.25) is 0 Å². The molecule has 0 aliphatic carbocycles. The summed E-state index contributed by atoms with van der Waals surface area (Å²) in [7, 11) is -2.70. The van der Waals surface area contributed by atoms with E-state index in [1.165, 1.54) is 53.7 Å². The van der Waals surface area contributed by atoms with Gasteiger partial charge in [0.1, 0.15) is 0 Å². The molecular weight excluding hydrogens is 705 g/mol. The normalized spacial score (nSPS) is 11.5. The lowest BCUT2D eigenvalue weighted by Gasteiger charge is -2.35. The molecule has 0 N–H and O–H groups in total. The molecule has 0 aliphatic heterocycles. The second-order valence-electron chi connectivity index (χ2n) is 14.5. The zero-order valence-corrected chi connectivity index (χ0v) is 32.5. The zero-order chi connectivity index (χ0) is 38.0. The van der Waals surface area contributed by atoms with E-state index in [1.54, 1.807) is 0 Å². The highest BCUT2D eigenvalue weighted by molar-refractivity contribution is 7.19. The third-order valence-corrected chi connectivity index (χ3v) is 16.1. The number of para-hydroxylation sites is 3. The Hall–Kier alpha value is -7.20. The highest BCUT2D eigenvalue weighted by atomic mass is 28.3. The minimum Gasteiger partial charge on any atom is -0.310 e. The fraction of sp³-hybridized carbons (Fsp3) is 0. The molecule has 270 valence electrons. The SMILES string of the molecule is c1ccc(-c2ccccc2N(c2ccc([Si](c3ccccc3)(c3ccccc3)c3ccccc3)cc2)c2ccc3c4ccccc4n(-c4ccccc4)c3c2)cc1. The standard InChI is InChI=1S/C54H40N2Si/c1-6-20-41(21-7-1)49-30-16-18-32-52(49)55(44-36-39-51-50-31-17-19-33-53(50)56(54(51)40-44)42-22-8-2-9-23-42)43-34-37-48(38-35-43)57(45-24-10-3-11-25-45,46-26-12-4-13-27-46)47-28-14-5-15-29-47/h1-40H. The van der Waals surface area contributed by atoms with Crippen molar-refractivity contribution < 1.29 is 0 Å². The van der Waals surface area contributed by atoms with Crippen LogP contribution in [-0.2, 0) is 0 Å². The third kappa shape index (κ3) is 5.97. The predicted octanol–water partition coefficient (Wildman–Crippen LogP) is 11.3. The number of hydrogen-bond acceptors (Lipinski definition) is 1. The first-order valence-electron chi connectivity index (χ1n) is 19.6. The number of hydrogen-bond donors (Lipinski definition) is 0. The van der Waals surface area contributed by atoms with Gasteiger partial charge in [0.05, 0.1) is 16.7 Å². The molecule has 1 aromatic heterocycles. The van der Waals surface area contributed by atoms with Gasteiger partial charge in [-0.05, 0) is 74.8 Å². The van der Waals surface area contributed by atoms with Gasteiger partial charge in [0.25, 0.3) is 0 Å². The van der Waals surface area contributed by atoms with Crippen LogP contribution in [0.3, 0.4) is 0 Å². The van der Waals surface area contributed by atoms with E-state index in [4.69, 9.17) is 0 Å². The van der Waals surface area contributed by atoms with Crippen LogP contribution in [0.2, 0.25) is 0 Å². The molecule has 0 fully saturated rings. The molecule has 0 amide bonds. The van der Waals surface area contributed by atoms with Crippen molar-refractivity contribution in [3.8, 4) is 16.8 Å². The van der Waals surface area contributed by atoms with Crippen molar-refractivity contribution in [1.29, 1.82) is 0 Å². The second-order valence-corrected chi connectivity index (χ2v) is 18.3. The molecule has 0 bridgehead atoms. The van der Waals surface area contributed by atoms with Crippen molar-refractivity contribution in [2.45, 2.75) is 0 Å². The maximum Gasteiger partial charge on any atom is 0.179 e. The van der Waals surface area contributed by atoms with Gasteiger partial charge in [-0.15, -0.1) is 0 Å². The van der Waals surface area contributed by atoms with Crippen molar-refractivity contribution in [2.24, 2.45) is 0 Å². The van der Waals surface area contributed by atoms with Gasteiger partial charge < -0.3 is 9.47 Å². The average Bonchev–Trinajstić information content (AvgIpc) is 3.63. The van der Waals surface area contributed by atoms with Crippen LogP contribution in [0.25, 0.3) is 38.6 Å². The maximum atomic E-state index is 2.44. The van der Waals surface area contributed by atoms with Crippen LogP contribution in [0.15, 0.2) is 243 Å². The topological polar surface area (TPSA) is 8.17 Å². The van der Waals surface area contributed by atoms with Gasteiger partial charge in [-0.1, -0.05) is 194 Å². The minimum atomic E-state index is -2.70. The summed E-state index contributed by atoms with van der Waals surface area (Å²) in [5.41, 5.74) is 9.17. The van der Waals surface area contributed by atoms with Gasteiger partial charge in [-0.2, -0.15) is 0 Å². The van der Waals surface area contributed by atoms with E-state index in [9.17, 15) is 0 Å². The van der Waals surface area contributed by atoms with E-state index >= 15 is 0 Å². The molecule has 0 spiro atoms. The fourth-order valence-corrected chi connectivity index (χ4v) is 13.6. The molecule has 0 saturated heterocycles. The van der Waals surface area contributed by atoms with Crippen molar-refractivity contribution in [1.82, 2.24) is 4.57 Å². The van der Waals surface area contributed by atoms with Gasteiger partial charge in [-0.25, -0.2) is 0 Å². The van der Waals surface area contributed by atoms with Crippen LogP contribution < -0.4 is 25.6 Å². The fourth-order valence-electron chi connectivity index (χ4n) is 8.84. The Labute approximate surface area is 335 Å². The maximum absolute atomic E-state index is 2.70. The van der Waals surface area contributed by atoms with Crippen molar-refractivity contribution in [3.05, 3.63) is 243 Å². The Morgan fingerprint density at radius 1 is 0.333 bits per heavy atom. The van der Waals surface area contributed by atoms with Crippen LogP contribution in [0.1, 0.15) is 0 Å². The summed E-state index contributed by atoms with van der Waals surface area (Å²) in [6.45, 7) is 0. The van der Waals surface area contributed by atoms with E-state index in [-0.39, 0.29) is 0 Å². The molecule has 0 radical (unpaired) electrons. The number of anilines is 3. The smallest absolute Gasteiger partial charge is 0.179 e. The molecule has 3 heteroatoms. The van der Waals surface area contributed by atoms with Crippen molar-refractivity contribution >= 4 is 67.7 Å². The Morgan fingerprint density at radius 3 is 1.40 bits per heavy atom. The van der Waals surface area contributed by atoms with Gasteiger partial charge >= 0.3 is 0 Å². The summed E-state index contributed by atoms with van der Waals surface area (Å²) < 4.78 is 2.40. The number of benzene rings is 9. The van der Waals surface area contributed by atoms with Gasteiger partial charge in [0.2, 0.25) is 0 Å². The van der Waals surface area contributed by atoms with E-state index < -0.39 is 8.07 Å². The lowest BCUT2D eigenvalue weighted by Crippen LogP contribution is -2.74. The van der Waals surface area contributed by atoms with E-state index in [0.29, 0.717) is 0 Å². The molecule has 0 atom stereocenters.